The van der Waals surface area contributed by atoms with Crippen LogP contribution in [0.25, 0.3) is 0 Å². The summed E-state index contributed by atoms with van der Waals surface area (Å²) >= 11 is 0. The molecule has 0 saturated carbocycles. The van der Waals surface area contributed by atoms with Crippen molar-refractivity contribution < 1.29 is 9.53 Å². The summed E-state index contributed by atoms with van der Waals surface area (Å²) in [6.07, 6.45) is 6.03. The number of hydrogen-bond donors (Lipinski definition) is 1. The first kappa shape index (κ1) is 15.4. The third-order valence-corrected chi connectivity index (χ3v) is 3.41. The zero-order valence-corrected chi connectivity index (χ0v) is 11.1. The normalized spacial score (nSPS) is 11.5. The molecule has 3 nitrogen and oxygen atoms in total. The average Bonchev–Trinajstić information content (AvgIpc) is 2.32. The third-order valence-electron chi connectivity index (χ3n) is 3.41. The van der Waals surface area contributed by atoms with Gasteiger partial charge in [-0.1, -0.05) is 40.0 Å². The van der Waals surface area contributed by atoms with Crippen LogP contribution < -0.4 is 5.73 Å². The second kappa shape index (κ2) is 8.57. The molecule has 0 aliphatic rings. The molecule has 0 radical (unpaired) electrons. The molecule has 0 spiro atoms. The highest BCUT2D eigenvalue weighted by atomic mass is 16.5. The molecule has 0 saturated heterocycles. The molecule has 96 valence electrons. The van der Waals surface area contributed by atoms with Crippen molar-refractivity contribution in [2.75, 3.05) is 13.2 Å². The summed E-state index contributed by atoms with van der Waals surface area (Å²) < 4.78 is 5.31. The first-order chi connectivity index (χ1) is 7.66. The van der Waals surface area contributed by atoms with E-state index in [2.05, 4.69) is 6.92 Å². The summed E-state index contributed by atoms with van der Waals surface area (Å²) in [5, 5.41) is 0. The van der Waals surface area contributed by atoms with E-state index >= 15 is 0 Å². The van der Waals surface area contributed by atoms with E-state index in [4.69, 9.17) is 10.5 Å². The summed E-state index contributed by atoms with van der Waals surface area (Å²) in [7, 11) is 0. The number of esters is 1. The molecule has 0 amide bonds. The highest BCUT2D eigenvalue weighted by Gasteiger charge is 2.34. The highest BCUT2D eigenvalue weighted by Crippen LogP contribution is 2.26. The molecule has 0 aromatic rings. The van der Waals surface area contributed by atoms with Gasteiger partial charge in [0.15, 0.2) is 0 Å². The molecule has 0 atom stereocenters. The van der Waals surface area contributed by atoms with Gasteiger partial charge in [0.1, 0.15) is 0 Å². The fourth-order valence-electron chi connectivity index (χ4n) is 1.76. The van der Waals surface area contributed by atoms with Crippen LogP contribution in [-0.4, -0.2) is 19.1 Å². The van der Waals surface area contributed by atoms with Gasteiger partial charge in [-0.15, -0.1) is 0 Å². The Kier molecular flexibility index (Phi) is 8.26. The largest absolute Gasteiger partial charge is 0.465 e. The van der Waals surface area contributed by atoms with Crippen LogP contribution in [-0.2, 0) is 9.53 Å². The number of hydrogen-bond acceptors (Lipinski definition) is 3. The topological polar surface area (TPSA) is 52.3 Å². The molecule has 2 N–H and O–H groups in total. The first-order valence-corrected chi connectivity index (χ1v) is 6.54. The fraction of sp³-hybridized carbons (Fsp3) is 0.923. The monoisotopic (exact) mass is 229 g/mol. The molecule has 0 aliphatic carbocycles. The van der Waals surface area contributed by atoms with Gasteiger partial charge in [-0.3, -0.25) is 4.79 Å². The second-order valence-corrected chi connectivity index (χ2v) is 4.39. The lowest BCUT2D eigenvalue weighted by atomic mass is 9.82. The van der Waals surface area contributed by atoms with Gasteiger partial charge in [-0.05, 0) is 19.3 Å². The number of carbonyl (C=O) groups is 1. The van der Waals surface area contributed by atoms with E-state index in [1.165, 1.54) is 12.8 Å². The molecule has 0 unspecified atom stereocenters. The Hall–Kier alpha value is -0.570. The molecular weight excluding hydrogens is 202 g/mol. The summed E-state index contributed by atoms with van der Waals surface area (Å²) in [5.41, 5.74) is 5.23. The van der Waals surface area contributed by atoms with Gasteiger partial charge < -0.3 is 10.5 Å². The Morgan fingerprint density at radius 2 is 1.75 bits per heavy atom. The van der Waals surface area contributed by atoms with Crippen molar-refractivity contribution in [3.63, 3.8) is 0 Å². The predicted molar refractivity (Wildman–Crippen MR) is 67.2 cm³/mol. The Morgan fingerprint density at radius 1 is 1.12 bits per heavy atom. The van der Waals surface area contributed by atoms with Crippen molar-refractivity contribution in [1.29, 1.82) is 0 Å². The summed E-state index contributed by atoms with van der Waals surface area (Å²) in [6.45, 7) is 7.08. The lowest BCUT2D eigenvalue weighted by molar-refractivity contribution is -0.156. The van der Waals surface area contributed by atoms with E-state index in [0.717, 1.165) is 25.7 Å². The van der Waals surface area contributed by atoms with E-state index in [1.807, 2.05) is 13.8 Å². The first-order valence-electron chi connectivity index (χ1n) is 6.54. The third kappa shape index (κ3) is 4.52. The molecule has 3 heteroatoms. The van der Waals surface area contributed by atoms with Crippen LogP contribution in [0.3, 0.4) is 0 Å². The van der Waals surface area contributed by atoms with E-state index in [9.17, 15) is 4.79 Å². The molecule has 0 bridgehead atoms. The maximum atomic E-state index is 11.9. The summed E-state index contributed by atoms with van der Waals surface area (Å²) in [5.74, 6) is -0.114. The Morgan fingerprint density at radius 3 is 2.19 bits per heavy atom. The highest BCUT2D eigenvalue weighted by molar-refractivity contribution is 5.77. The van der Waals surface area contributed by atoms with Gasteiger partial charge in [0.05, 0.1) is 12.0 Å². The molecule has 0 heterocycles. The average molecular weight is 229 g/mol. The lowest BCUT2D eigenvalue weighted by Gasteiger charge is -2.27. The van der Waals surface area contributed by atoms with Crippen LogP contribution in [0, 0.1) is 5.41 Å². The maximum Gasteiger partial charge on any atom is 0.313 e. The Labute approximate surface area is 99.7 Å². The van der Waals surface area contributed by atoms with E-state index < -0.39 is 5.41 Å². The van der Waals surface area contributed by atoms with E-state index in [1.54, 1.807) is 0 Å². The van der Waals surface area contributed by atoms with Gasteiger partial charge in [0, 0.05) is 6.54 Å². The molecule has 0 rings (SSSR count). The quantitative estimate of drug-likeness (QED) is 0.488. The van der Waals surface area contributed by atoms with Crippen LogP contribution in [0.4, 0.5) is 0 Å². The van der Waals surface area contributed by atoms with Crippen molar-refractivity contribution in [2.45, 2.75) is 59.3 Å². The van der Waals surface area contributed by atoms with Crippen LogP contribution in [0.5, 0.6) is 0 Å². The van der Waals surface area contributed by atoms with Crippen LogP contribution in [0.2, 0.25) is 0 Å². The van der Waals surface area contributed by atoms with Gasteiger partial charge in [0.25, 0.3) is 0 Å². The molecule has 0 aliphatic heterocycles. The van der Waals surface area contributed by atoms with Gasteiger partial charge >= 0.3 is 5.97 Å². The number of carbonyl (C=O) groups excluding carboxylic acids is 1. The maximum absolute atomic E-state index is 11.9. The van der Waals surface area contributed by atoms with Crippen molar-refractivity contribution in [1.82, 2.24) is 0 Å². The minimum atomic E-state index is -0.454. The molecule has 0 aromatic heterocycles. The van der Waals surface area contributed by atoms with Crippen LogP contribution in [0.15, 0.2) is 0 Å². The van der Waals surface area contributed by atoms with Crippen molar-refractivity contribution in [2.24, 2.45) is 11.1 Å². The smallest absolute Gasteiger partial charge is 0.313 e. The van der Waals surface area contributed by atoms with E-state index in [0.29, 0.717) is 13.2 Å². The number of ether oxygens (including phenoxy) is 1. The Bertz CT molecular complexity index is 180. The van der Waals surface area contributed by atoms with Crippen molar-refractivity contribution >= 4 is 5.97 Å². The van der Waals surface area contributed by atoms with Gasteiger partial charge in [-0.2, -0.15) is 0 Å². The number of unbranched alkanes of at least 4 members (excludes halogenated alkanes) is 3. The zero-order chi connectivity index (χ0) is 12.4. The van der Waals surface area contributed by atoms with Gasteiger partial charge in [-0.25, -0.2) is 0 Å². The standard InChI is InChI=1S/C13H27NO2/c1-4-7-8-9-10-16-12(15)13(5-2,6-3)11-14/h4-11,14H2,1-3H3. The lowest BCUT2D eigenvalue weighted by Crippen LogP contribution is -2.39. The summed E-state index contributed by atoms with van der Waals surface area (Å²) in [4.78, 5) is 11.9. The zero-order valence-electron chi connectivity index (χ0n) is 11.1. The summed E-state index contributed by atoms with van der Waals surface area (Å²) in [6, 6.07) is 0. The second-order valence-electron chi connectivity index (χ2n) is 4.39. The van der Waals surface area contributed by atoms with Crippen LogP contribution in [0.1, 0.15) is 59.3 Å². The van der Waals surface area contributed by atoms with Crippen LogP contribution >= 0.6 is 0 Å². The minimum Gasteiger partial charge on any atom is -0.465 e. The number of nitrogens with two attached hydrogens (primary N) is 1. The minimum absolute atomic E-state index is 0.114. The van der Waals surface area contributed by atoms with E-state index in [-0.39, 0.29) is 5.97 Å². The SMILES string of the molecule is CCCCCCOC(=O)C(CC)(CC)CN. The predicted octanol–water partition coefficient (Wildman–Crippen LogP) is 2.88. The fourth-order valence-corrected chi connectivity index (χ4v) is 1.76. The number of rotatable bonds is 9. The molecule has 0 aromatic carbocycles. The van der Waals surface area contributed by atoms with Crippen molar-refractivity contribution in [3.8, 4) is 0 Å². The van der Waals surface area contributed by atoms with Gasteiger partial charge in [0.2, 0.25) is 0 Å². The molecule has 16 heavy (non-hydrogen) atoms. The Balaban J connectivity index is 3.93. The van der Waals surface area contributed by atoms with Crippen molar-refractivity contribution in [3.05, 3.63) is 0 Å². The molecular formula is C13H27NO2. The molecule has 0 fully saturated rings.